The van der Waals surface area contributed by atoms with Crippen molar-refractivity contribution in [3.63, 3.8) is 0 Å². The van der Waals surface area contributed by atoms with E-state index in [2.05, 4.69) is 0 Å². The van der Waals surface area contributed by atoms with E-state index in [-0.39, 0.29) is 11.2 Å². The Labute approximate surface area is 109 Å². The summed E-state index contributed by atoms with van der Waals surface area (Å²) >= 11 is 0. The molecule has 0 radical (unpaired) electrons. The van der Waals surface area contributed by atoms with Crippen molar-refractivity contribution in [1.29, 1.82) is 0 Å². The van der Waals surface area contributed by atoms with Crippen LogP contribution in [0.15, 0.2) is 24.3 Å². The van der Waals surface area contributed by atoms with Crippen LogP contribution in [0.4, 0.5) is 0 Å². The van der Waals surface area contributed by atoms with E-state index >= 15 is 0 Å². The summed E-state index contributed by atoms with van der Waals surface area (Å²) in [6, 6.07) is 7.39. The SMILES string of the molecule is CCC(C)(C)C(=O)c1ccccc1OCCOC. The second kappa shape index (κ2) is 6.55. The number of ketones is 1. The van der Waals surface area contributed by atoms with Gasteiger partial charge < -0.3 is 9.47 Å². The van der Waals surface area contributed by atoms with E-state index in [1.165, 1.54) is 0 Å². The molecule has 0 unspecified atom stereocenters. The van der Waals surface area contributed by atoms with E-state index in [0.717, 1.165) is 6.42 Å². The highest BCUT2D eigenvalue weighted by Gasteiger charge is 2.28. The number of ether oxygens (including phenoxy) is 2. The third-order valence-electron chi connectivity index (χ3n) is 3.18. The van der Waals surface area contributed by atoms with Crippen molar-refractivity contribution < 1.29 is 14.3 Å². The topological polar surface area (TPSA) is 35.5 Å². The Morgan fingerprint density at radius 2 is 1.89 bits per heavy atom. The summed E-state index contributed by atoms with van der Waals surface area (Å²) in [5, 5.41) is 0. The number of rotatable bonds is 7. The van der Waals surface area contributed by atoms with Gasteiger partial charge in [-0.15, -0.1) is 0 Å². The molecule has 0 bridgehead atoms. The Bertz CT molecular complexity index is 396. The minimum Gasteiger partial charge on any atom is -0.490 e. The van der Waals surface area contributed by atoms with Crippen LogP contribution in [0, 0.1) is 5.41 Å². The normalized spacial score (nSPS) is 11.3. The molecule has 1 aromatic rings. The summed E-state index contributed by atoms with van der Waals surface area (Å²) in [6.45, 7) is 6.90. The quantitative estimate of drug-likeness (QED) is 0.550. The molecular weight excluding hydrogens is 228 g/mol. The van der Waals surface area contributed by atoms with Gasteiger partial charge in [-0.2, -0.15) is 0 Å². The lowest BCUT2D eigenvalue weighted by atomic mass is 9.82. The maximum Gasteiger partial charge on any atom is 0.172 e. The molecule has 3 nitrogen and oxygen atoms in total. The molecule has 0 saturated carbocycles. The van der Waals surface area contributed by atoms with Gasteiger partial charge in [0, 0.05) is 12.5 Å². The van der Waals surface area contributed by atoms with Gasteiger partial charge >= 0.3 is 0 Å². The van der Waals surface area contributed by atoms with Crippen LogP contribution in [0.5, 0.6) is 5.75 Å². The van der Waals surface area contributed by atoms with E-state index < -0.39 is 0 Å². The molecule has 0 aliphatic carbocycles. The van der Waals surface area contributed by atoms with Gasteiger partial charge in [0.1, 0.15) is 12.4 Å². The number of para-hydroxylation sites is 1. The third kappa shape index (κ3) is 3.57. The molecular formula is C15H22O3. The monoisotopic (exact) mass is 250 g/mol. The fourth-order valence-corrected chi connectivity index (χ4v) is 1.54. The van der Waals surface area contributed by atoms with E-state index in [0.29, 0.717) is 24.5 Å². The van der Waals surface area contributed by atoms with Crippen molar-refractivity contribution in [3.8, 4) is 5.75 Å². The maximum absolute atomic E-state index is 12.4. The molecule has 1 aromatic carbocycles. The average molecular weight is 250 g/mol. The Hall–Kier alpha value is -1.35. The zero-order chi connectivity index (χ0) is 13.6. The molecule has 0 N–H and O–H groups in total. The predicted molar refractivity (Wildman–Crippen MR) is 72.2 cm³/mol. The Morgan fingerprint density at radius 3 is 2.50 bits per heavy atom. The molecule has 18 heavy (non-hydrogen) atoms. The van der Waals surface area contributed by atoms with E-state index in [9.17, 15) is 4.79 Å². The third-order valence-corrected chi connectivity index (χ3v) is 3.18. The van der Waals surface area contributed by atoms with Crippen molar-refractivity contribution in [2.75, 3.05) is 20.3 Å². The molecule has 0 atom stereocenters. The lowest BCUT2D eigenvalue weighted by molar-refractivity contribution is 0.0825. The fraction of sp³-hybridized carbons (Fsp3) is 0.533. The van der Waals surface area contributed by atoms with Gasteiger partial charge in [0.25, 0.3) is 0 Å². The first-order valence-corrected chi connectivity index (χ1v) is 6.28. The van der Waals surface area contributed by atoms with Crippen molar-refractivity contribution in [2.45, 2.75) is 27.2 Å². The summed E-state index contributed by atoms with van der Waals surface area (Å²) in [6.07, 6.45) is 0.804. The Morgan fingerprint density at radius 1 is 1.22 bits per heavy atom. The highest BCUT2D eigenvalue weighted by molar-refractivity contribution is 6.02. The minimum atomic E-state index is -0.360. The largest absolute Gasteiger partial charge is 0.490 e. The summed E-state index contributed by atoms with van der Waals surface area (Å²) in [4.78, 5) is 12.4. The number of hydrogen-bond donors (Lipinski definition) is 0. The second-order valence-corrected chi connectivity index (χ2v) is 4.90. The molecule has 0 aliphatic heterocycles. The van der Waals surface area contributed by atoms with Crippen LogP contribution in [0.1, 0.15) is 37.6 Å². The first-order valence-electron chi connectivity index (χ1n) is 6.28. The zero-order valence-corrected chi connectivity index (χ0v) is 11.7. The van der Waals surface area contributed by atoms with Crippen molar-refractivity contribution in [3.05, 3.63) is 29.8 Å². The first kappa shape index (κ1) is 14.7. The number of methoxy groups -OCH3 is 1. The molecule has 0 heterocycles. The molecule has 0 amide bonds. The summed E-state index contributed by atoms with van der Waals surface area (Å²) in [5.41, 5.74) is 0.293. The van der Waals surface area contributed by atoms with Crippen LogP contribution in [-0.4, -0.2) is 26.1 Å². The van der Waals surface area contributed by atoms with Gasteiger partial charge in [-0.25, -0.2) is 0 Å². The van der Waals surface area contributed by atoms with Crippen molar-refractivity contribution >= 4 is 5.78 Å². The summed E-state index contributed by atoms with van der Waals surface area (Å²) in [5.74, 6) is 0.763. The van der Waals surface area contributed by atoms with Crippen molar-refractivity contribution in [1.82, 2.24) is 0 Å². The van der Waals surface area contributed by atoms with Gasteiger partial charge in [0.2, 0.25) is 0 Å². The summed E-state index contributed by atoms with van der Waals surface area (Å²) < 4.78 is 10.5. The Kier molecular flexibility index (Phi) is 5.35. The van der Waals surface area contributed by atoms with Gasteiger partial charge in [-0.3, -0.25) is 4.79 Å². The molecule has 0 fully saturated rings. The summed E-state index contributed by atoms with van der Waals surface area (Å²) in [7, 11) is 1.63. The smallest absolute Gasteiger partial charge is 0.172 e. The molecule has 3 heteroatoms. The highest BCUT2D eigenvalue weighted by Crippen LogP contribution is 2.30. The maximum atomic E-state index is 12.4. The number of hydrogen-bond acceptors (Lipinski definition) is 3. The lowest BCUT2D eigenvalue weighted by Gasteiger charge is -2.22. The van der Waals surface area contributed by atoms with Gasteiger partial charge in [0.05, 0.1) is 12.2 Å². The fourth-order valence-electron chi connectivity index (χ4n) is 1.54. The molecule has 0 aliphatic rings. The molecule has 1 rings (SSSR count). The second-order valence-electron chi connectivity index (χ2n) is 4.90. The first-order chi connectivity index (χ1) is 8.53. The van der Waals surface area contributed by atoms with Crippen LogP contribution in [0.3, 0.4) is 0 Å². The predicted octanol–water partition coefficient (Wildman–Crippen LogP) is 3.33. The molecule has 0 aromatic heterocycles. The van der Waals surface area contributed by atoms with Crippen LogP contribution in [-0.2, 0) is 4.74 Å². The molecule has 100 valence electrons. The highest BCUT2D eigenvalue weighted by atomic mass is 16.5. The van der Waals surface area contributed by atoms with Gasteiger partial charge in [-0.1, -0.05) is 32.9 Å². The average Bonchev–Trinajstić information content (AvgIpc) is 2.39. The zero-order valence-electron chi connectivity index (χ0n) is 11.7. The number of carbonyl (C=O) groups excluding carboxylic acids is 1. The number of Topliss-reactive ketones (excluding diaryl/α,β-unsaturated/α-hetero) is 1. The van der Waals surface area contributed by atoms with Crippen LogP contribution in [0.25, 0.3) is 0 Å². The van der Waals surface area contributed by atoms with Gasteiger partial charge in [-0.05, 0) is 18.6 Å². The standard InChI is InChI=1S/C15H22O3/c1-5-15(2,3)14(16)12-8-6-7-9-13(12)18-11-10-17-4/h6-9H,5,10-11H2,1-4H3. The van der Waals surface area contributed by atoms with E-state index in [1.807, 2.05) is 45.0 Å². The van der Waals surface area contributed by atoms with E-state index in [1.54, 1.807) is 7.11 Å². The molecule has 0 saturated heterocycles. The van der Waals surface area contributed by atoms with Crippen LogP contribution in [0.2, 0.25) is 0 Å². The van der Waals surface area contributed by atoms with Crippen LogP contribution < -0.4 is 4.74 Å². The Balaban J connectivity index is 2.91. The van der Waals surface area contributed by atoms with Crippen LogP contribution >= 0.6 is 0 Å². The van der Waals surface area contributed by atoms with E-state index in [4.69, 9.17) is 9.47 Å². The number of benzene rings is 1. The van der Waals surface area contributed by atoms with Gasteiger partial charge in [0.15, 0.2) is 5.78 Å². The lowest BCUT2D eigenvalue weighted by Crippen LogP contribution is -2.24. The minimum absolute atomic E-state index is 0.123. The molecule has 0 spiro atoms. The van der Waals surface area contributed by atoms with Crippen molar-refractivity contribution in [2.24, 2.45) is 5.41 Å². The number of carbonyl (C=O) groups is 1.